The van der Waals surface area contributed by atoms with Gasteiger partial charge in [0.2, 0.25) is 0 Å². The number of hydrogen-bond acceptors (Lipinski definition) is 3. The first-order valence-electron chi connectivity index (χ1n) is 27.2. The van der Waals surface area contributed by atoms with Crippen molar-refractivity contribution in [3.63, 3.8) is 0 Å². The monoisotopic (exact) mass is 882 g/mol. The van der Waals surface area contributed by atoms with Crippen LogP contribution >= 0.6 is 0 Å². The molecule has 342 valence electrons. The van der Waals surface area contributed by atoms with E-state index in [1.807, 2.05) is 0 Å². The van der Waals surface area contributed by atoms with Gasteiger partial charge in [0.1, 0.15) is 0 Å². The molecule has 2 spiro atoms. The fourth-order valence-electron chi connectivity index (χ4n) is 17.0. The van der Waals surface area contributed by atoms with Crippen LogP contribution in [0.5, 0.6) is 0 Å². The van der Waals surface area contributed by atoms with Gasteiger partial charge in [-0.2, -0.15) is 0 Å². The van der Waals surface area contributed by atoms with Crippen molar-refractivity contribution in [2.75, 3.05) is 0 Å². The molecule has 12 unspecified atom stereocenters. The first-order chi connectivity index (χ1) is 33.1. The Bertz CT molecular complexity index is 2650. The lowest BCUT2D eigenvalue weighted by Crippen LogP contribution is -2.68. The van der Waals surface area contributed by atoms with Crippen molar-refractivity contribution in [1.29, 1.82) is 0 Å². The zero-order valence-electron chi connectivity index (χ0n) is 39.6. The van der Waals surface area contributed by atoms with Crippen LogP contribution in [0.15, 0.2) is 185 Å². The van der Waals surface area contributed by atoms with Gasteiger partial charge in [0.05, 0.1) is 18.5 Å². The predicted molar refractivity (Wildman–Crippen MR) is 275 cm³/mol. The first-order valence-corrected chi connectivity index (χ1v) is 27.2. The Morgan fingerprint density at radius 3 is 2.30 bits per heavy atom. The Hall–Kier alpha value is -4.54. The molecule has 12 aliphatic rings. The minimum atomic E-state index is 0.103. The third kappa shape index (κ3) is 6.60. The minimum Gasteiger partial charge on any atom is -0.285 e. The van der Waals surface area contributed by atoms with Crippen LogP contribution in [-0.2, 0) is 0 Å². The van der Waals surface area contributed by atoms with Gasteiger partial charge in [0.25, 0.3) is 0 Å². The van der Waals surface area contributed by atoms with Crippen molar-refractivity contribution in [2.45, 2.75) is 121 Å². The molecule has 1 heterocycles. The number of allylic oxidation sites excluding steroid dienone is 20. The SMILES string of the molecule is C1=CCC2C(=C1)C1C=C3C(=CC1C21CCCCC1)C1=C(C=CCC1C1C=CC=C(C2C=CC4(C5NC(c6ccccc6)NC(C6C=CC(c7ccccc7)=CC6)N5)CC4C2)C1)C31CCCCC1. The van der Waals surface area contributed by atoms with Crippen LogP contribution in [0.1, 0.15) is 120 Å². The molecule has 2 aromatic carbocycles. The molecular weight excluding hydrogens is 811 g/mol. The molecule has 14 rings (SSSR count). The van der Waals surface area contributed by atoms with Crippen LogP contribution in [0.2, 0.25) is 0 Å². The van der Waals surface area contributed by atoms with E-state index in [1.165, 1.54) is 113 Å². The van der Waals surface area contributed by atoms with Gasteiger partial charge in [-0.15, -0.1) is 0 Å². The summed E-state index contributed by atoms with van der Waals surface area (Å²) in [6.45, 7) is 0. The first kappa shape index (κ1) is 41.4. The van der Waals surface area contributed by atoms with Gasteiger partial charge >= 0.3 is 0 Å². The van der Waals surface area contributed by atoms with E-state index < -0.39 is 0 Å². The maximum absolute atomic E-state index is 4.18. The molecule has 0 bridgehead atoms. The third-order valence-corrected chi connectivity index (χ3v) is 20.3. The van der Waals surface area contributed by atoms with E-state index >= 15 is 0 Å². The van der Waals surface area contributed by atoms with E-state index in [9.17, 15) is 0 Å². The topological polar surface area (TPSA) is 36.1 Å². The number of fused-ring (bicyclic) bond motifs is 10. The van der Waals surface area contributed by atoms with Gasteiger partial charge in [0.15, 0.2) is 0 Å². The molecule has 5 fully saturated rings. The molecule has 11 aliphatic carbocycles. The lowest BCUT2D eigenvalue weighted by atomic mass is 9.59. The summed E-state index contributed by atoms with van der Waals surface area (Å²) in [6, 6.07) is 21.9. The molecule has 12 atom stereocenters. The standard InChI is InChI=1S/C64H71N3/c1-5-17-42(18-6-1)43-27-29-45(30-28-43)60-65-59(44-19-7-2-8-20-44)66-61(67-60)64-36-31-47(38-49(64)41-64)46-21-15-22-48(37-46)50-24-16-26-55-58(50)53-40-56-52(39-57(53)63(55)34-13-4-14-35-63)51-23-9-10-25-54(51)62(56)32-11-3-12-33-62/h1-2,5-10,15-23,26-29,31,36,39-40,45,47-50,52,54,56,59-61,65-67H,3-4,11-14,24-25,30,32-35,37-38,41H2. The second-order valence-corrected chi connectivity index (χ2v) is 23.4. The van der Waals surface area contributed by atoms with Crippen LogP contribution in [-0.4, -0.2) is 12.3 Å². The minimum absolute atomic E-state index is 0.103. The Kier molecular flexibility index (Phi) is 10.1. The van der Waals surface area contributed by atoms with Crippen molar-refractivity contribution >= 4 is 5.57 Å². The van der Waals surface area contributed by atoms with Crippen LogP contribution in [0.4, 0.5) is 0 Å². The van der Waals surface area contributed by atoms with Crippen molar-refractivity contribution in [2.24, 2.45) is 63.6 Å². The maximum Gasteiger partial charge on any atom is 0.0859 e. The summed E-state index contributed by atoms with van der Waals surface area (Å²) in [5.74, 6) is 4.72. The van der Waals surface area contributed by atoms with Crippen molar-refractivity contribution in [3.05, 3.63) is 196 Å². The second-order valence-electron chi connectivity index (χ2n) is 23.4. The average molecular weight is 882 g/mol. The Morgan fingerprint density at radius 1 is 0.672 bits per heavy atom. The summed E-state index contributed by atoms with van der Waals surface area (Å²) >= 11 is 0. The highest BCUT2D eigenvalue weighted by molar-refractivity contribution is 5.75. The Labute approximate surface area is 400 Å². The molecule has 1 aliphatic heterocycles. The average Bonchev–Trinajstić information content (AvgIpc) is 4.04. The van der Waals surface area contributed by atoms with Crippen LogP contribution in [0, 0.1) is 63.6 Å². The third-order valence-electron chi connectivity index (χ3n) is 20.3. The molecule has 3 nitrogen and oxygen atoms in total. The summed E-state index contributed by atoms with van der Waals surface area (Å²) < 4.78 is 0. The largest absolute Gasteiger partial charge is 0.285 e. The predicted octanol–water partition coefficient (Wildman–Crippen LogP) is 14.3. The molecular formula is C64H71N3. The summed E-state index contributed by atoms with van der Waals surface area (Å²) in [5, 5.41) is 12.3. The van der Waals surface area contributed by atoms with E-state index in [2.05, 4.69) is 168 Å². The number of rotatable bonds is 6. The molecule has 4 saturated carbocycles. The van der Waals surface area contributed by atoms with Crippen molar-refractivity contribution in [1.82, 2.24) is 16.0 Å². The number of benzene rings is 2. The molecule has 2 aromatic rings. The quantitative estimate of drug-likeness (QED) is 0.253. The second kappa shape index (κ2) is 16.3. The van der Waals surface area contributed by atoms with Gasteiger partial charge in [-0.25, -0.2) is 0 Å². The highest BCUT2D eigenvalue weighted by Gasteiger charge is 2.62. The van der Waals surface area contributed by atoms with E-state index in [0.717, 1.165) is 12.3 Å². The molecule has 1 saturated heterocycles. The zero-order valence-corrected chi connectivity index (χ0v) is 39.6. The smallest absolute Gasteiger partial charge is 0.0859 e. The van der Waals surface area contributed by atoms with Gasteiger partial charge in [0, 0.05) is 22.7 Å². The van der Waals surface area contributed by atoms with Gasteiger partial charge in [-0.05, 0) is 144 Å². The van der Waals surface area contributed by atoms with E-state index in [1.54, 1.807) is 33.4 Å². The fourth-order valence-corrected chi connectivity index (χ4v) is 17.0. The lowest BCUT2D eigenvalue weighted by Gasteiger charge is -2.45. The summed E-state index contributed by atoms with van der Waals surface area (Å²) in [4.78, 5) is 0. The highest BCUT2D eigenvalue weighted by atomic mass is 15.4. The van der Waals surface area contributed by atoms with E-state index in [4.69, 9.17) is 0 Å². The lowest BCUT2D eigenvalue weighted by molar-refractivity contribution is 0.0951. The van der Waals surface area contributed by atoms with Gasteiger partial charge < -0.3 is 0 Å². The van der Waals surface area contributed by atoms with Crippen molar-refractivity contribution in [3.8, 4) is 0 Å². The van der Waals surface area contributed by atoms with Crippen LogP contribution in [0.25, 0.3) is 5.57 Å². The summed E-state index contributed by atoms with van der Waals surface area (Å²) in [5.41, 5.74) is 15.3. The molecule has 3 heteroatoms. The highest BCUT2D eigenvalue weighted by Crippen LogP contribution is 2.70. The maximum atomic E-state index is 4.18. The number of nitrogens with one attached hydrogen (secondary N) is 3. The number of hydrogen-bond donors (Lipinski definition) is 3. The summed E-state index contributed by atoms with van der Waals surface area (Å²) in [7, 11) is 0. The normalized spacial score (nSPS) is 39.3. The molecule has 0 amide bonds. The fraction of sp³-hybridized carbons (Fsp3) is 0.469. The molecule has 3 N–H and O–H groups in total. The Balaban J connectivity index is 0.729. The van der Waals surface area contributed by atoms with E-state index in [-0.39, 0.29) is 29.3 Å². The molecule has 0 radical (unpaired) electrons. The zero-order chi connectivity index (χ0) is 44.2. The summed E-state index contributed by atoms with van der Waals surface area (Å²) in [6.07, 6.45) is 60.6. The van der Waals surface area contributed by atoms with E-state index in [0.29, 0.717) is 46.8 Å². The Morgan fingerprint density at radius 2 is 1.49 bits per heavy atom. The van der Waals surface area contributed by atoms with Crippen molar-refractivity contribution < 1.29 is 0 Å². The molecule has 0 aromatic heterocycles. The van der Waals surface area contributed by atoms with Crippen LogP contribution < -0.4 is 16.0 Å². The van der Waals surface area contributed by atoms with Gasteiger partial charge in [-0.1, -0.05) is 201 Å². The van der Waals surface area contributed by atoms with Gasteiger partial charge in [-0.3, -0.25) is 16.0 Å². The molecule has 67 heavy (non-hydrogen) atoms. The van der Waals surface area contributed by atoms with Crippen LogP contribution in [0.3, 0.4) is 0 Å².